The van der Waals surface area contributed by atoms with E-state index in [0.717, 1.165) is 12.8 Å². The van der Waals surface area contributed by atoms with E-state index in [1.54, 1.807) is 12.5 Å². The molecule has 0 bridgehead atoms. The molecule has 0 amide bonds. The van der Waals surface area contributed by atoms with Crippen LogP contribution in [0.3, 0.4) is 0 Å². The number of rotatable bonds is 6. The zero-order valence-corrected chi connectivity index (χ0v) is 10.4. The van der Waals surface area contributed by atoms with Crippen LogP contribution in [0.15, 0.2) is 24.7 Å². The van der Waals surface area contributed by atoms with Gasteiger partial charge in [-0.15, -0.1) is 0 Å². The van der Waals surface area contributed by atoms with Gasteiger partial charge in [-0.1, -0.05) is 26.1 Å². The third kappa shape index (κ3) is 8.41. The highest BCUT2D eigenvalue weighted by Gasteiger charge is 2.09. The van der Waals surface area contributed by atoms with Crippen molar-refractivity contribution in [3.63, 3.8) is 0 Å². The number of hydrogen-bond donors (Lipinski definition) is 1. The van der Waals surface area contributed by atoms with E-state index in [0.29, 0.717) is 0 Å². The molecule has 0 rings (SSSR count). The Morgan fingerprint density at radius 2 is 1.54 bits per heavy atom. The Hall–Kier alpha value is 0.0800. The maximum atomic E-state index is 5.15. The summed E-state index contributed by atoms with van der Waals surface area (Å²) in [5.41, 5.74) is -2.40. The van der Waals surface area contributed by atoms with E-state index in [1.807, 2.05) is 26.0 Å². The Balaban J connectivity index is 3.86. The van der Waals surface area contributed by atoms with E-state index >= 15 is 0 Å². The molecule has 0 unspecified atom stereocenters. The van der Waals surface area contributed by atoms with Crippen LogP contribution >= 0.6 is 17.9 Å². The van der Waals surface area contributed by atoms with Crippen LogP contribution < -0.4 is 0 Å². The van der Waals surface area contributed by atoms with Gasteiger partial charge >= 0.3 is 5.69 Å². The van der Waals surface area contributed by atoms with Crippen LogP contribution in [0.2, 0.25) is 0 Å². The first kappa shape index (κ1) is 13.1. The van der Waals surface area contributed by atoms with Crippen LogP contribution in [0.4, 0.5) is 0 Å². The molecule has 0 N–H and O–H groups in total. The SMILES string of the molecule is CCC=COP(=S)(S)OC=CCC. The summed E-state index contributed by atoms with van der Waals surface area (Å²) >= 11 is 9.11. The average molecular weight is 238 g/mol. The second-order valence-electron chi connectivity index (χ2n) is 2.24. The fourth-order valence-corrected chi connectivity index (χ4v) is 1.61. The lowest BCUT2D eigenvalue weighted by Gasteiger charge is -2.12. The molecule has 0 fully saturated rings. The normalized spacial score (nSPS) is 16.2. The first-order valence-electron chi connectivity index (χ1n) is 4.12. The predicted molar refractivity (Wildman–Crippen MR) is 64.3 cm³/mol. The van der Waals surface area contributed by atoms with Gasteiger partial charge in [0, 0.05) is 0 Å². The van der Waals surface area contributed by atoms with E-state index in [9.17, 15) is 0 Å². The molecule has 0 aliphatic rings. The van der Waals surface area contributed by atoms with E-state index in [2.05, 4.69) is 12.2 Å². The number of allylic oxidation sites excluding steroid dienone is 2. The van der Waals surface area contributed by atoms with Crippen LogP contribution in [-0.4, -0.2) is 0 Å². The van der Waals surface area contributed by atoms with Crippen molar-refractivity contribution in [1.82, 2.24) is 0 Å². The van der Waals surface area contributed by atoms with Crippen molar-refractivity contribution in [3.8, 4) is 0 Å². The van der Waals surface area contributed by atoms with Crippen LogP contribution in [0.25, 0.3) is 0 Å². The molecule has 0 radical (unpaired) electrons. The molecule has 0 atom stereocenters. The summed E-state index contributed by atoms with van der Waals surface area (Å²) in [4.78, 5) is 0. The quantitative estimate of drug-likeness (QED) is 0.428. The lowest BCUT2D eigenvalue weighted by atomic mass is 10.5. The maximum absolute atomic E-state index is 5.15. The fraction of sp³-hybridized carbons (Fsp3) is 0.500. The summed E-state index contributed by atoms with van der Waals surface area (Å²) in [6.45, 7) is 4.03. The molecular weight excluding hydrogens is 223 g/mol. The van der Waals surface area contributed by atoms with E-state index in [-0.39, 0.29) is 0 Å². The Kier molecular flexibility index (Phi) is 7.53. The molecule has 2 nitrogen and oxygen atoms in total. The van der Waals surface area contributed by atoms with Crippen LogP contribution in [0.1, 0.15) is 26.7 Å². The van der Waals surface area contributed by atoms with Gasteiger partial charge in [-0.05, 0) is 36.8 Å². The topological polar surface area (TPSA) is 18.5 Å². The second-order valence-corrected chi connectivity index (χ2v) is 7.43. The van der Waals surface area contributed by atoms with Crippen molar-refractivity contribution in [2.45, 2.75) is 26.7 Å². The first-order valence-corrected chi connectivity index (χ1v) is 7.91. The molecule has 76 valence electrons. The van der Waals surface area contributed by atoms with E-state index in [4.69, 9.17) is 20.9 Å². The Bertz CT molecular complexity index is 206. The van der Waals surface area contributed by atoms with Gasteiger partial charge in [0.2, 0.25) is 0 Å². The van der Waals surface area contributed by atoms with Crippen molar-refractivity contribution < 1.29 is 9.05 Å². The van der Waals surface area contributed by atoms with Gasteiger partial charge in [-0.25, -0.2) is 0 Å². The van der Waals surface area contributed by atoms with Gasteiger partial charge in [-0.2, -0.15) is 0 Å². The number of thiol groups is 1. The molecular formula is C8H15O2PS2. The molecule has 0 saturated carbocycles. The summed E-state index contributed by atoms with van der Waals surface area (Å²) in [5, 5.41) is 0. The van der Waals surface area contributed by atoms with Gasteiger partial charge in [0.05, 0.1) is 12.5 Å². The molecule has 0 aromatic carbocycles. The van der Waals surface area contributed by atoms with Crippen molar-refractivity contribution in [2.24, 2.45) is 0 Å². The lowest BCUT2D eigenvalue weighted by molar-refractivity contribution is 0.422. The van der Waals surface area contributed by atoms with E-state index < -0.39 is 5.69 Å². The van der Waals surface area contributed by atoms with Crippen LogP contribution in [0, 0.1) is 0 Å². The van der Waals surface area contributed by atoms with Gasteiger partial charge in [0.1, 0.15) is 0 Å². The maximum Gasteiger partial charge on any atom is 0.344 e. The van der Waals surface area contributed by atoms with Gasteiger partial charge in [0.15, 0.2) is 0 Å². The summed E-state index contributed by atoms with van der Waals surface area (Å²) in [7, 11) is 0. The summed E-state index contributed by atoms with van der Waals surface area (Å²) in [6, 6.07) is 0. The Morgan fingerprint density at radius 1 is 1.15 bits per heavy atom. The molecule has 5 heteroatoms. The van der Waals surface area contributed by atoms with Gasteiger partial charge < -0.3 is 9.05 Å². The second kappa shape index (κ2) is 7.48. The molecule has 0 heterocycles. The largest absolute Gasteiger partial charge is 0.437 e. The highest BCUT2D eigenvalue weighted by molar-refractivity contribution is 8.60. The lowest BCUT2D eigenvalue weighted by Crippen LogP contribution is -1.77. The smallest absolute Gasteiger partial charge is 0.344 e. The third-order valence-corrected chi connectivity index (χ3v) is 2.91. The molecule has 0 spiro atoms. The van der Waals surface area contributed by atoms with Gasteiger partial charge in [-0.3, -0.25) is 0 Å². The van der Waals surface area contributed by atoms with E-state index in [1.165, 1.54) is 0 Å². The van der Waals surface area contributed by atoms with Crippen molar-refractivity contribution in [1.29, 1.82) is 0 Å². The van der Waals surface area contributed by atoms with Crippen molar-refractivity contribution in [2.75, 3.05) is 0 Å². The molecule has 0 aromatic rings. The third-order valence-electron chi connectivity index (χ3n) is 1.05. The fourth-order valence-electron chi connectivity index (χ4n) is 0.457. The van der Waals surface area contributed by atoms with Crippen molar-refractivity contribution >= 4 is 29.7 Å². The average Bonchev–Trinajstić information content (AvgIpc) is 2.05. The standard InChI is InChI=1S/C8H15O2PS2/c1-3-5-7-9-11(12,13)10-8-6-4-2/h5-8H,3-4H2,1-2H3,(H,12,13). The molecule has 13 heavy (non-hydrogen) atoms. The molecule has 0 aliphatic heterocycles. The number of hydrogen-bond acceptors (Lipinski definition) is 3. The van der Waals surface area contributed by atoms with Gasteiger partial charge in [0.25, 0.3) is 0 Å². The summed E-state index contributed by atoms with van der Waals surface area (Å²) in [6.07, 6.45) is 8.65. The Labute approximate surface area is 90.3 Å². The minimum atomic E-state index is -2.40. The monoisotopic (exact) mass is 238 g/mol. The highest BCUT2D eigenvalue weighted by atomic mass is 32.9. The molecule has 0 aromatic heterocycles. The minimum absolute atomic E-state index is 0.911. The zero-order chi connectivity index (χ0) is 10.2. The van der Waals surface area contributed by atoms with Crippen LogP contribution in [-0.2, 0) is 20.9 Å². The molecule has 0 aliphatic carbocycles. The van der Waals surface area contributed by atoms with Crippen LogP contribution in [0.5, 0.6) is 0 Å². The Morgan fingerprint density at radius 3 is 1.85 bits per heavy atom. The summed E-state index contributed by atoms with van der Waals surface area (Å²) in [5.74, 6) is 0. The zero-order valence-electron chi connectivity index (χ0n) is 7.84. The summed E-state index contributed by atoms with van der Waals surface area (Å²) < 4.78 is 10.3. The first-order chi connectivity index (χ1) is 6.12. The van der Waals surface area contributed by atoms with Crippen molar-refractivity contribution in [3.05, 3.63) is 24.7 Å². The predicted octanol–water partition coefficient (Wildman–Crippen LogP) is 4.02. The minimum Gasteiger partial charge on any atom is -0.437 e. The highest BCUT2D eigenvalue weighted by Crippen LogP contribution is 2.53. The molecule has 0 saturated heterocycles.